The monoisotopic (exact) mass is 277 g/mol. The van der Waals surface area contributed by atoms with Crippen molar-refractivity contribution in [3.8, 4) is 11.5 Å². The lowest BCUT2D eigenvalue weighted by Crippen LogP contribution is -2.31. The number of rotatable bonds is 7. The van der Waals surface area contributed by atoms with E-state index in [-0.39, 0.29) is 0 Å². The molecule has 1 aliphatic carbocycles. The van der Waals surface area contributed by atoms with Crippen LogP contribution in [0.5, 0.6) is 11.5 Å². The smallest absolute Gasteiger partial charge is 0.165 e. The Hall–Kier alpha value is -1.22. The second-order valence-corrected chi connectivity index (χ2v) is 5.82. The first-order chi connectivity index (χ1) is 9.74. The van der Waals surface area contributed by atoms with Crippen molar-refractivity contribution in [3.63, 3.8) is 0 Å². The fourth-order valence-electron chi connectivity index (χ4n) is 3.34. The minimum Gasteiger partial charge on any atom is -0.493 e. The molecule has 0 spiro atoms. The van der Waals surface area contributed by atoms with E-state index in [1.807, 2.05) is 12.1 Å². The van der Waals surface area contributed by atoms with Crippen LogP contribution in [0.3, 0.4) is 0 Å². The highest BCUT2D eigenvalue weighted by Gasteiger charge is 2.31. The molecule has 0 unspecified atom stereocenters. The second kappa shape index (κ2) is 6.98. The summed E-state index contributed by atoms with van der Waals surface area (Å²) in [6.45, 7) is 4.26. The van der Waals surface area contributed by atoms with Gasteiger partial charge in [-0.05, 0) is 30.7 Å². The molecule has 1 saturated carbocycles. The fraction of sp³-hybridized carbons (Fsp3) is 0.647. The summed E-state index contributed by atoms with van der Waals surface area (Å²) in [7, 11) is 3.38. The summed E-state index contributed by atoms with van der Waals surface area (Å²) in [4.78, 5) is 0. The van der Waals surface area contributed by atoms with Gasteiger partial charge in [-0.2, -0.15) is 0 Å². The van der Waals surface area contributed by atoms with Crippen molar-refractivity contribution in [3.05, 3.63) is 23.8 Å². The van der Waals surface area contributed by atoms with Gasteiger partial charge in [0, 0.05) is 18.7 Å². The molecule has 0 aliphatic heterocycles. The molecule has 2 rings (SSSR count). The molecule has 0 aromatic heterocycles. The quantitative estimate of drug-likeness (QED) is 0.823. The topological polar surface area (TPSA) is 30.5 Å². The van der Waals surface area contributed by atoms with Crippen LogP contribution >= 0.6 is 0 Å². The molecule has 1 N–H and O–H groups in total. The standard InChI is InChI=1S/C17H27NO2/c1-4-17(10-5-6-11-17)13-18-12-14-8-7-9-15(19-2)16(14)20-3/h7-9,18H,4-6,10-13H2,1-3H3. The third kappa shape index (κ3) is 3.26. The summed E-state index contributed by atoms with van der Waals surface area (Å²) in [5, 5.41) is 3.63. The maximum absolute atomic E-state index is 5.48. The van der Waals surface area contributed by atoms with Crippen LogP contribution in [0.25, 0.3) is 0 Å². The third-order valence-electron chi connectivity index (χ3n) is 4.71. The van der Waals surface area contributed by atoms with Crippen LogP contribution in [0.2, 0.25) is 0 Å². The molecule has 1 aliphatic rings. The highest BCUT2D eigenvalue weighted by atomic mass is 16.5. The molecule has 0 radical (unpaired) electrons. The van der Waals surface area contributed by atoms with Gasteiger partial charge in [-0.1, -0.05) is 31.9 Å². The van der Waals surface area contributed by atoms with E-state index in [4.69, 9.17) is 9.47 Å². The molecule has 20 heavy (non-hydrogen) atoms. The molecule has 0 saturated heterocycles. The number of benzene rings is 1. The molecule has 0 atom stereocenters. The molecule has 112 valence electrons. The van der Waals surface area contributed by atoms with E-state index in [1.54, 1.807) is 14.2 Å². The Morgan fingerprint density at radius 1 is 1.15 bits per heavy atom. The lowest BCUT2D eigenvalue weighted by atomic mass is 9.83. The van der Waals surface area contributed by atoms with Gasteiger partial charge in [-0.25, -0.2) is 0 Å². The zero-order valence-electron chi connectivity index (χ0n) is 13.0. The van der Waals surface area contributed by atoms with Crippen molar-refractivity contribution in [2.24, 2.45) is 5.41 Å². The van der Waals surface area contributed by atoms with Crippen molar-refractivity contribution in [2.75, 3.05) is 20.8 Å². The predicted octanol–water partition coefficient (Wildman–Crippen LogP) is 3.76. The molecule has 0 heterocycles. The van der Waals surface area contributed by atoms with Crippen molar-refractivity contribution < 1.29 is 9.47 Å². The second-order valence-electron chi connectivity index (χ2n) is 5.82. The Labute approximate surface area is 122 Å². The van der Waals surface area contributed by atoms with E-state index in [2.05, 4.69) is 18.3 Å². The van der Waals surface area contributed by atoms with Crippen LogP contribution in [0.1, 0.15) is 44.6 Å². The van der Waals surface area contributed by atoms with Gasteiger partial charge in [-0.15, -0.1) is 0 Å². The zero-order chi connectivity index (χ0) is 14.4. The minimum absolute atomic E-state index is 0.520. The van der Waals surface area contributed by atoms with Crippen molar-refractivity contribution in [2.45, 2.75) is 45.6 Å². The summed E-state index contributed by atoms with van der Waals surface area (Å²) < 4.78 is 10.8. The summed E-state index contributed by atoms with van der Waals surface area (Å²) in [6, 6.07) is 6.05. The maximum Gasteiger partial charge on any atom is 0.165 e. The number of hydrogen-bond acceptors (Lipinski definition) is 3. The highest BCUT2D eigenvalue weighted by Crippen LogP contribution is 2.40. The van der Waals surface area contributed by atoms with Gasteiger partial charge < -0.3 is 14.8 Å². The Kier molecular flexibility index (Phi) is 5.30. The Morgan fingerprint density at radius 3 is 2.50 bits per heavy atom. The average molecular weight is 277 g/mol. The van der Waals surface area contributed by atoms with E-state index in [0.29, 0.717) is 5.41 Å². The van der Waals surface area contributed by atoms with Gasteiger partial charge in [0.2, 0.25) is 0 Å². The van der Waals surface area contributed by atoms with Crippen LogP contribution in [0.4, 0.5) is 0 Å². The fourth-order valence-corrected chi connectivity index (χ4v) is 3.34. The summed E-state index contributed by atoms with van der Waals surface area (Å²) in [5.41, 5.74) is 1.68. The minimum atomic E-state index is 0.520. The number of nitrogens with one attached hydrogen (secondary N) is 1. The van der Waals surface area contributed by atoms with Gasteiger partial charge in [-0.3, -0.25) is 0 Å². The number of methoxy groups -OCH3 is 2. The summed E-state index contributed by atoms with van der Waals surface area (Å²) >= 11 is 0. The van der Waals surface area contributed by atoms with Crippen LogP contribution in [0.15, 0.2) is 18.2 Å². The van der Waals surface area contributed by atoms with E-state index < -0.39 is 0 Å². The zero-order valence-corrected chi connectivity index (χ0v) is 13.0. The first-order valence-corrected chi connectivity index (χ1v) is 7.65. The SMILES string of the molecule is CCC1(CNCc2cccc(OC)c2OC)CCCC1. The van der Waals surface area contributed by atoms with Crippen molar-refractivity contribution in [1.29, 1.82) is 0 Å². The maximum atomic E-state index is 5.48. The molecule has 3 heteroatoms. The third-order valence-corrected chi connectivity index (χ3v) is 4.71. The lowest BCUT2D eigenvalue weighted by molar-refractivity contribution is 0.267. The van der Waals surface area contributed by atoms with E-state index in [1.165, 1.54) is 32.1 Å². The molecule has 3 nitrogen and oxygen atoms in total. The predicted molar refractivity (Wildman–Crippen MR) is 82.4 cm³/mol. The van der Waals surface area contributed by atoms with Crippen LogP contribution < -0.4 is 14.8 Å². The number of ether oxygens (including phenoxy) is 2. The van der Waals surface area contributed by atoms with E-state index in [9.17, 15) is 0 Å². The molecule has 0 amide bonds. The Balaban J connectivity index is 1.97. The largest absolute Gasteiger partial charge is 0.493 e. The van der Waals surface area contributed by atoms with Gasteiger partial charge >= 0.3 is 0 Å². The summed E-state index contributed by atoms with van der Waals surface area (Å²) in [5.74, 6) is 1.65. The number of para-hydroxylation sites is 1. The summed E-state index contributed by atoms with van der Waals surface area (Å²) in [6.07, 6.45) is 6.78. The lowest BCUT2D eigenvalue weighted by Gasteiger charge is -2.28. The Bertz CT molecular complexity index is 425. The van der Waals surface area contributed by atoms with Gasteiger partial charge in [0.05, 0.1) is 14.2 Å². The molecule has 1 aromatic rings. The average Bonchev–Trinajstić information content (AvgIpc) is 2.96. The Morgan fingerprint density at radius 2 is 1.90 bits per heavy atom. The molecule has 0 bridgehead atoms. The van der Waals surface area contributed by atoms with Crippen LogP contribution in [-0.2, 0) is 6.54 Å². The molecule has 1 aromatic carbocycles. The van der Waals surface area contributed by atoms with Gasteiger partial charge in [0.15, 0.2) is 11.5 Å². The number of hydrogen-bond donors (Lipinski definition) is 1. The van der Waals surface area contributed by atoms with E-state index in [0.717, 1.165) is 30.2 Å². The van der Waals surface area contributed by atoms with Crippen LogP contribution in [-0.4, -0.2) is 20.8 Å². The first-order valence-electron chi connectivity index (χ1n) is 7.65. The van der Waals surface area contributed by atoms with Gasteiger partial charge in [0.1, 0.15) is 0 Å². The highest BCUT2D eigenvalue weighted by molar-refractivity contribution is 5.46. The van der Waals surface area contributed by atoms with Crippen molar-refractivity contribution >= 4 is 0 Å². The van der Waals surface area contributed by atoms with Crippen molar-refractivity contribution in [1.82, 2.24) is 5.32 Å². The normalized spacial score (nSPS) is 17.1. The first kappa shape index (κ1) is 15.2. The van der Waals surface area contributed by atoms with Crippen LogP contribution in [0, 0.1) is 5.41 Å². The van der Waals surface area contributed by atoms with E-state index >= 15 is 0 Å². The molecule has 1 fully saturated rings. The molecular weight excluding hydrogens is 250 g/mol. The van der Waals surface area contributed by atoms with Gasteiger partial charge in [0.25, 0.3) is 0 Å². The molecular formula is C17H27NO2.